The van der Waals surface area contributed by atoms with Gasteiger partial charge in [0, 0.05) is 38.1 Å². The second kappa shape index (κ2) is 8.42. The second-order valence-electron chi connectivity index (χ2n) is 7.58. The van der Waals surface area contributed by atoms with Gasteiger partial charge in [-0.05, 0) is 45.3 Å². The number of hydrogen-bond donors (Lipinski definition) is 0. The fourth-order valence-corrected chi connectivity index (χ4v) is 3.80. The summed E-state index contributed by atoms with van der Waals surface area (Å²) >= 11 is 0. The Kier molecular flexibility index (Phi) is 6.85. The van der Waals surface area contributed by atoms with Crippen LogP contribution >= 0.6 is 0 Å². The van der Waals surface area contributed by atoms with Crippen LogP contribution in [0.15, 0.2) is 0 Å². The normalized spacial score (nSPS) is 26.7. The lowest BCUT2D eigenvalue weighted by Crippen LogP contribution is -2.53. The number of likely N-dealkylation sites (N-methyl/N-ethyl adjacent to an activating group) is 1. The van der Waals surface area contributed by atoms with Crippen molar-refractivity contribution in [3.8, 4) is 0 Å². The molecule has 128 valence electrons. The lowest BCUT2D eigenvalue weighted by atomic mass is 9.95. The van der Waals surface area contributed by atoms with Gasteiger partial charge < -0.3 is 4.90 Å². The molecule has 0 N–H and O–H groups in total. The highest BCUT2D eigenvalue weighted by Crippen LogP contribution is 2.20. The quantitative estimate of drug-likeness (QED) is 0.749. The van der Waals surface area contributed by atoms with E-state index in [0.29, 0.717) is 18.4 Å². The van der Waals surface area contributed by atoms with E-state index in [2.05, 4.69) is 28.5 Å². The minimum absolute atomic E-state index is 0.175. The number of nitrogens with zero attached hydrogens (tertiary/aromatic N) is 3. The minimum Gasteiger partial charge on any atom is -0.300 e. The first-order chi connectivity index (χ1) is 10.5. The van der Waals surface area contributed by atoms with Crippen LogP contribution in [0.25, 0.3) is 0 Å². The molecule has 0 saturated carbocycles. The zero-order valence-corrected chi connectivity index (χ0v) is 15.1. The van der Waals surface area contributed by atoms with Crippen molar-refractivity contribution in [1.29, 1.82) is 0 Å². The van der Waals surface area contributed by atoms with Crippen LogP contribution in [0.4, 0.5) is 0 Å². The maximum Gasteiger partial charge on any atom is 0.149 e. The Morgan fingerprint density at radius 2 is 1.77 bits per heavy atom. The maximum absolute atomic E-state index is 11.9. The monoisotopic (exact) mass is 309 g/mol. The van der Waals surface area contributed by atoms with E-state index in [1.807, 2.05) is 13.8 Å². The zero-order valence-electron chi connectivity index (χ0n) is 15.1. The molecule has 1 atom stereocenters. The molecule has 0 aromatic rings. The summed E-state index contributed by atoms with van der Waals surface area (Å²) in [5.74, 6) is 1.39. The molecule has 1 unspecified atom stereocenters. The van der Waals surface area contributed by atoms with Crippen molar-refractivity contribution >= 4 is 5.78 Å². The number of piperazine rings is 1. The summed E-state index contributed by atoms with van der Waals surface area (Å²) in [7, 11) is 0. The third-order valence-corrected chi connectivity index (χ3v) is 5.50. The number of carbonyl (C=O) groups excluding carboxylic acids is 1. The van der Waals surface area contributed by atoms with E-state index < -0.39 is 0 Å². The van der Waals surface area contributed by atoms with Crippen molar-refractivity contribution in [3.63, 3.8) is 0 Å². The molecule has 4 nitrogen and oxygen atoms in total. The van der Waals surface area contributed by atoms with E-state index in [1.54, 1.807) is 0 Å². The number of piperidine rings is 1. The topological polar surface area (TPSA) is 26.8 Å². The molecule has 2 heterocycles. The van der Waals surface area contributed by atoms with Crippen LogP contribution in [-0.4, -0.2) is 78.9 Å². The molecule has 2 saturated heterocycles. The van der Waals surface area contributed by atoms with E-state index in [0.717, 1.165) is 19.0 Å². The Balaban J connectivity index is 1.68. The minimum atomic E-state index is 0.175. The molecule has 22 heavy (non-hydrogen) atoms. The first-order valence-corrected chi connectivity index (χ1v) is 9.21. The third kappa shape index (κ3) is 5.04. The van der Waals surface area contributed by atoms with Gasteiger partial charge in [-0.3, -0.25) is 14.6 Å². The Bertz CT molecular complexity index is 350. The van der Waals surface area contributed by atoms with Crippen LogP contribution < -0.4 is 0 Å². The summed E-state index contributed by atoms with van der Waals surface area (Å²) in [5, 5.41) is 0. The lowest BCUT2D eigenvalue weighted by Gasteiger charge is -2.42. The van der Waals surface area contributed by atoms with E-state index >= 15 is 0 Å². The standard InChI is InChI=1S/C18H35N3O/c1-5-21-11-10-20(12-16(21)4)13-17-6-8-19(9-7-17)14-18(22)15(2)3/h15-17H,5-14H2,1-4H3. The molecule has 2 aliphatic heterocycles. The van der Waals surface area contributed by atoms with Gasteiger partial charge in [-0.2, -0.15) is 0 Å². The highest BCUT2D eigenvalue weighted by atomic mass is 16.1. The Hall–Kier alpha value is -0.450. The molecule has 2 rings (SSSR count). The van der Waals surface area contributed by atoms with Crippen LogP contribution in [0.1, 0.15) is 40.5 Å². The van der Waals surface area contributed by atoms with E-state index in [9.17, 15) is 4.79 Å². The Morgan fingerprint density at radius 3 is 2.32 bits per heavy atom. The molecule has 0 radical (unpaired) electrons. The fraction of sp³-hybridized carbons (Fsp3) is 0.944. The van der Waals surface area contributed by atoms with E-state index in [-0.39, 0.29) is 5.92 Å². The van der Waals surface area contributed by atoms with E-state index in [4.69, 9.17) is 0 Å². The number of likely N-dealkylation sites (tertiary alicyclic amines) is 1. The molecule has 2 fully saturated rings. The van der Waals surface area contributed by atoms with Gasteiger partial charge in [0.05, 0.1) is 6.54 Å². The number of Topliss-reactive ketones (excluding diaryl/α,β-unsaturated/α-hetero) is 1. The predicted molar refractivity (Wildman–Crippen MR) is 92.2 cm³/mol. The van der Waals surface area contributed by atoms with Crippen molar-refractivity contribution in [2.24, 2.45) is 11.8 Å². The first kappa shape index (κ1) is 17.9. The summed E-state index contributed by atoms with van der Waals surface area (Å²) in [6.45, 7) is 17.6. The predicted octanol–water partition coefficient (Wildman–Crippen LogP) is 1.95. The summed E-state index contributed by atoms with van der Waals surface area (Å²) in [4.78, 5) is 19.5. The van der Waals surface area contributed by atoms with Gasteiger partial charge in [0.25, 0.3) is 0 Å². The van der Waals surface area contributed by atoms with E-state index in [1.165, 1.54) is 45.6 Å². The van der Waals surface area contributed by atoms with Crippen LogP contribution in [-0.2, 0) is 4.79 Å². The molecular formula is C18H35N3O. The Labute approximate surface area is 136 Å². The molecular weight excluding hydrogens is 274 g/mol. The van der Waals surface area contributed by atoms with Crippen molar-refractivity contribution in [2.75, 3.05) is 52.4 Å². The van der Waals surface area contributed by atoms with Crippen molar-refractivity contribution in [3.05, 3.63) is 0 Å². The largest absolute Gasteiger partial charge is 0.300 e. The highest BCUT2D eigenvalue weighted by molar-refractivity contribution is 5.82. The average molecular weight is 309 g/mol. The van der Waals surface area contributed by atoms with Crippen molar-refractivity contribution in [1.82, 2.24) is 14.7 Å². The average Bonchev–Trinajstić information content (AvgIpc) is 2.49. The van der Waals surface area contributed by atoms with Gasteiger partial charge >= 0.3 is 0 Å². The molecule has 0 aromatic heterocycles. The molecule has 0 aromatic carbocycles. The Morgan fingerprint density at radius 1 is 1.09 bits per heavy atom. The summed E-state index contributed by atoms with van der Waals surface area (Å²) in [6, 6.07) is 0.697. The number of rotatable bonds is 6. The molecule has 0 aliphatic carbocycles. The molecule has 0 amide bonds. The maximum atomic E-state index is 11.9. The van der Waals surface area contributed by atoms with Gasteiger partial charge in [-0.25, -0.2) is 0 Å². The highest BCUT2D eigenvalue weighted by Gasteiger charge is 2.27. The summed E-state index contributed by atoms with van der Waals surface area (Å²) in [6.07, 6.45) is 2.52. The number of carbonyl (C=O) groups is 1. The van der Waals surface area contributed by atoms with Gasteiger partial charge in [0.1, 0.15) is 5.78 Å². The van der Waals surface area contributed by atoms with Gasteiger partial charge in [-0.1, -0.05) is 20.8 Å². The first-order valence-electron chi connectivity index (χ1n) is 9.21. The van der Waals surface area contributed by atoms with Gasteiger partial charge in [0.2, 0.25) is 0 Å². The van der Waals surface area contributed by atoms with Gasteiger partial charge in [-0.15, -0.1) is 0 Å². The fourth-order valence-electron chi connectivity index (χ4n) is 3.80. The second-order valence-corrected chi connectivity index (χ2v) is 7.58. The van der Waals surface area contributed by atoms with Gasteiger partial charge in [0.15, 0.2) is 0 Å². The van der Waals surface area contributed by atoms with Crippen LogP contribution in [0, 0.1) is 11.8 Å². The third-order valence-electron chi connectivity index (χ3n) is 5.50. The lowest BCUT2D eigenvalue weighted by molar-refractivity contribution is -0.123. The summed E-state index contributed by atoms with van der Waals surface area (Å²) in [5.41, 5.74) is 0. The van der Waals surface area contributed by atoms with Crippen LogP contribution in [0.5, 0.6) is 0 Å². The molecule has 0 bridgehead atoms. The van der Waals surface area contributed by atoms with Crippen molar-refractivity contribution < 1.29 is 4.79 Å². The summed E-state index contributed by atoms with van der Waals surface area (Å²) < 4.78 is 0. The molecule has 2 aliphatic rings. The van der Waals surface area contributed by atoms with Crippen LogP contribution in [0.3, 0.4) is 0 Å². The molecule has 0 spiro atoms. The van der Waals surface area contributed by atoms with Crippen LogP contribution in [0.2, 0.25) is 0 Å². The van der Waals surface area contributed by atoms with Crippen molar-refractivity contribution in [2.45, 2.75) is 46.6 Å². The zero-order chi connectivity index (χ0) is 16.1. The number of ketones is 1. The number of hydrogen-bond acceptors (Lipinski definition) is 4. The molecule has 4 heteroatoms. The SMILES string of the molecule is CCN1CCN(CC2CCN(CC(=O)C(C)C)CC2)CC1C. The smallest absolute Gasteiger partial charge is 0.149 e.